The molecular formula is C24H28Cl2N2O3. The first-order chi connectivity index (χ1) is 14.9. The Bertz CT molecular complexity index is 912. The van der Waals surface area contributed by atoms with Crippen LogP contribution in [0.2, 0.25) is 5.02 Å². The number of carbonyl (C=O) groups is 2. The summed E-state index contributed by atoms with van der Waals surface area (Å²) >= 11 is 12.1. The third-order valence-electron chi connectivity index (χ3n) is 5.62. The van der Waals surface area contributed by atoms with Crippen LogP contribution in [-0.4, -0.2) is 30.8 Å². The van der Waals surface area contributed by atoms with E-state index in [1.165, 1.54) is 18.4 Å². The fourth-order valence-corrected chi connectivity index (χ4v) is 4.31. The van der Waals surface area contributed by atoms with E-state index < -0.39 is 6.04 Å². The van der Waals surface area contributed by atoms with Gasteiger partial charge in [0, 0.05) is 11.1 Å². The van der Waals surface area contributed by atoms with Gasteiger partial charge in [-0.25, -0.2) is 0 Å². The van der Waals surface area contributed by atoms with E-state index in [9.17, 15) is 9.59 Å². The highest BCUT2D eigenvalue weighted by Crippen LogP contribution is 2.36. The summed E-state index contributed by atoms with van der Waals surface area (Å²) in [5.74, 6) is -0.396. The topological polar surface area (TPSA) is 58.6 Å². The number of carbonyl (C=O) groups excluding carboxylic acids is 2. The maximum absolute atomic E-state index is 13.6. The summed E-state index contributed by atoms with van der Waals surface area (Å²) < 4.78 is 5.52. The van der Waals surface area contributed by atoms with Crippen molar-refractivity contribution < 1.29 is 14.3 Å². The monoisotopic (exact) mass is 462 g/mol. The van der Waals surface area contributed by atoms with E-state index >= 15 is 0 Å². The average molecular weight is 463 g/mol. The van der Waals surface area contributed by atoms with Crippen molar-refractivity contribution >= 4 is 40.7 Å². The number of halogens is 2. The minimum atomic E-state index is -0.902. The van der Waals surface area contributed by atoms with E-state index in [0.717, 1.165) is 31.2 Å². The number of methoxy groups -OCH3 is 1. The molecule has 0 heterocycles. The summed E-state index contributed by atoms with van der Waals surface area (Å²) in [5.41, 5.74) is 2.09. The number of aryl methyl sites for hydroxylation is 1. The van der Waals surface area contributed by atoms with Crippen LogP contribution in [0.4, 0.5) is 5.69 Å². The number of rotatable bonds is 7. The standard InChI is InChI=1S/C24H28Cl2N2O3/c1-16-8-13-21(31-2)20(14-16)28(22(29)15-25)23(17-9-11-18(26)12-10-17)24(30)27-19-6-4-3-5-7-19/h8-14,19,23H,3-7,15H2,1-2H3,(H,27,30)/t23-/m0/s1. The quantitative estimate of drug-likeness (QED) is 0.558. The van der Waals surface area contributed by atoms with Crippen LogP contribution in [0.1, 0.15) is 49.3 Å². The van der Waals surface area contributed by atoms with Gasteiger partial charge in [-0.1, -0.05) is 49.1 Å². The first-order valence-corrected chi connectivity index (χ1v) is 11.4. The zero-order chi connectivity index (χ0) is 22.4. The van der Waals surface area contributed by atoms with Gasteiger partial charge in [0.15, 0.2) is 0 Å². The lowest BCUT2D eigenvalue weighted by atomic mass is 9.94. The van der Waals surface area contributed by atoms with E-state index in [2.05, 4.69) is 5.32 Å². The number of alkyl halides is 1. The largest absolute Gasteiger partial charge is 0.495 e. The van der Waals surface area contributed by atoms with Crippen LogP contribution in [0, 0.1) is 6.92 Å². The average Bonchev–Trinajstić information content (AvgIpc) is 2.78. The molecule has 2 aromatic carbocycles. The molecule has 0 saturated heterocycles. The summed E-state index contributed by atoms with van der Waals surface area (Å²) in [4.78, 5) is 28.1. The van der Waals surface area contributed by atoms with Crippen molar-refractivity contribution in [2.75, 3.05) is 17.9 Å². The third-order valence-corrected chi connectivity index (χ3v) is 6.10. The maximum atomic E-state index is 13.6. The highest BCUT2D eigenvalue weighted by atomic mass is 35.5. The molecule has 0 bridgehead atoms. The fourth-order valence-electron chi connectivity index (χ4n) is 4.06. The highest BCUT2D eigenvalue weighted by Gasteiger charge is 2.35. The van der Waals surface area contributed by atoms with E-state index in [1.807, 2.05) is 19.1 Å². The minimum Gasteiger partial charge on any atom is -0.495 e. The lowest BCUT2D eigenvalue weighted by Crippen LogP contribution is -2.47. The number of hydrogen-bond acceptors (Lipinski definition) is 3. The summed E-state index contributed by atoms with van der Waals surface area (Å²) in [5, 5.41) is 3.72. The molecular weight excluding hydrogens is 435 g/mol. The first kappa shape index (κ1) is 23.4. The Kier molecular flexibility index (Phi) is 8.22. The number of amides is 2. The van der Waals surface area contributed by atoms with Crippen LogP contribution in [0.5, 0.6) is 5.75 Å². The van der Waals surface area contributed by atoms with Crippen LogP contribution >= 0.6 is 23.2 Å². The van der Waals surface area contributed by atoms with Gasteiger partial charge in [0.05, 0.1) is 12.8 Å². The second kappa shape index (κ2) is 10.9. The van der Waals surface area contributed by atoms with Crippen molar-refractivity contribution in [3.8, 4) is 5.75 Å². The Morgan fingerprint density at radius 3 is 2.42 bits per heavy atom. The molecule has 0 spiro atoms. The predicted octanol–water partition coefficient (Wildman–Crippen LogP) is 5.42. The summed E-state index contributed by atoms with van der Waals surface area (Å²) in [7, 11) is 1.54. The van der Waals surface area contributed by atoms with E-state index in [4.69, 9.17) is 27.9 Å². The molecule has 7 heteroatoms. The predicted molar refractivity (Wildman–Crippen MR) is 125 cm³/mol. The molecule has 2 amide bonds. The first-order valence-electron chi connectivity index (χ1n) is 10.5. The number of ether oxygens (including phenoxy) is 1. The normalized spacial score (nSPS) is 15.2. The van der Waals surface area contributed by atoms with Crippen LogP contribution < -0.4 is 15.0 Å². The number of nitrogens with zero attached hydrogens (tertiary/aromatic N) is 1. The Morgan fingerprint density at radius 1 is 1.13 bits per heavy atom. The second-order valence-corrected chi connectivity index (χ2v) is 8.57. The summed E-state index contributed by atoms with van der Waals surface area (Å²) in [6.45, 7) is 1.92. The molecule has 166 valence electrons. The van der Waals surface area contributed by atoms with Crippen molar-refractivity contribution in [3.63, 3.8) is 0 Å². The lowest BCUT2D eigenvalue weighted by Gasteiger charge is -2.34. The number of nitrogens with one attached hydrogen (secondary N) is 1. The molecule has 3 rings (SSSR count). The molecule has 0 aliphatic heterocycles. The lowest BCUT2D eigenvalue weighted by molar-refractivity contribution is -0.126. The van der Waals surface area contributed by atoms with E-state index in [-0.39, 0.29) is 23.7 Å². The van der Waals surface area contributed by atoms with Gasteiger partial charge in [-0.15, -0.1) is 11.6 Å². The molecule has 2 aromatic rings. The van der Waals surface area contributed by atoms with Gasteiger partial charge in [-0.05, 0) is 55.2 Å². The molecule has 1 saturated carbocycles. The van der Waals surface area contributed by atoms with Gasteiger partial charge >= 0.3 is 0 Å². The van der Waals surface area contributed by atoms with Crippen molar-refractivity contribution in [1.82, 2.24) is 5.32 Å². The van der Waals surface area contributed by atoms with Crippen LogP contribution in [-0.2, 0) is 9.59 Å². The molecule has 0 aromatic heterocycles. The summed E-state index contributed by atoms with van der Waals surface area (Å²) in [6.07, 6.45) is 5.25. The molecule has 1 atom stereocenters. The second-order valence-electron chi connectivity index (χ2n) is 7.87. The van der Waals surface area contributed by atoms with Gasteiger partial charge in [0.1, 0.15) is 17.7 Å². The summed E-state index contributed by atoms with van der Waals surface area (Å²) in [6, 6.07) is 11.7. The smallest absolute Gasteiger partial charge is 0.248 e. The Balaban J connectivity index is 2.09. The van der Waals surface area contributed by atoms with Gasteiger partial charge in [0.2, 0.25) is 11.8 Å². The van der Waals surface area contributed by atoms with Gasteiger partial charge in [-0.2, -0.15) is 0 Å². The number of benzene rings is 2. The fraction of sp³-hybridized carbons (Fsp3) is 0.417. The van der Waals surface area contributed by atoms with Gasteiger partial charge in [0.25, 0.3) is 0 Å². The molecule has 0 unspecified atom stereocenters. The van der Waals surface area contributed by atoms with Crippen molar-refractivity contribution in [2.24, 2.45) is 0 Å². The highest BCUT2D eigenvalue weighted by molar-refractivity contribution is 6.30. The molecule has 1 aliphatic carbocycles. The van der Waals surface area contributed by atoms with E-state index in [1.54, 1.807) is 30.3 Å². The van der Waals surface area contributed by atoms with Gasteiger partial charge in [-0.3, -0.25) is 14.5 Å². The van der Waals surface area contributed by atoms with Crippen molar-refractivity contribution in [2.45, 2.75) is 51.1 Å². The molecule has 31 heavy (non-hydrogen) atoms. The Labute approximate surface area is 193 Å². The third kappa shape index (κ3) is 5.72. The van der Waals surface area contributed by atoms with Crippen molar-refractivity contribution in [3.05, 3.63) is 58.6 Å². The molecule has 1 fully saturated rings. The number of hydrogen-bond donors (Lipinski definition) is 1. The zero-order valence-corrected chi connectivity index (χ0v) is 19.4. The Hall–Kier alpha value is -2.24. The van der Waals surface area contributed by atoms with Crippen LogP contribution in [0.25, 0.3) is 0 Å². The Morgan fingerprint density at radius 2 is 1.81 bits per heavy atom. The minimum absolute atomic E-state index is 0.100. The maximum Gasteiger partial charge on any atom is 0.248 e. The van der Waals surface area contributed by atoms with Gasteiger partial charge < -0.3 is 10.1 Å². The molecule has 5 nitrogen and oxygen atoms in total. The van der Waals surface area contributed by atoms with Crippen molar-refractivity contribution in [1.29, 1.82) is 0 Å². The number of anilines is 1. The van der Waals surface area contributed by atoms with Crippen LogP contribution in [0.15, 0.2) is 42.5 Å². The molecule has 1 aliphatic rings. The zero-order valence-electron chi connectivity index (χ0n) is 17.9. The molecule has 0 radical (unpaired) electrons. The molecule has 1 N–H and O–H groups in total. The van der Waals surface area contributed by atoms with Crippen LogP contribution in [0.3, 0.4) is 0 Å². The van der Waals surface area contributed by atoms with E-state index in [0.29, 0.717) is 22.0 Å². The SMILES string of the molecule is COc1ccc(C)cc1N(C(=O)CCl)[C@H](C(=O)NC1CCCCC1)c1ccc(Cl)cc1.